The number of halogens is 3. The molecule has 0 radical (unpaired) electrons. The fourth-order valence-corrected chi connectivity index (χ4v) is 4.68. The Morgan fingerprint density at radius 3 is 2.41 bits per heavy atom. The number of amides is 1. The van der Waals surface area contributed by atoms with Crippen LogP contribution in [0.15, 0.2) is 17.0 Å². The number of sulfonamides is 1. The summed E-state index contributed by atoms with van der Waals surface area (Å²) in [6, 6.07) is 1.27. The predicted octanol–water partition coefficient (Wildman–Crippen LogP) is 2.78. The molecule has 4 N–H and O–H groups in total. The van der Waals surface area contributed by atoms with Crippen LogP contribution in [0.2, 0.25) is 0 Å². The maximum Gasteiger partial charge on any atom is 0.244 e. The van der Waals surface area contributed by atoms with Gasteiger partial charge in [0, 0.05) is 17.5 Å². The van der Waals surface area contributed by atoms with Gasteiger partial charge in [0.15, 0.2) is 0 Å². The summed E-state index contributed by atoms with van der Waals surface area (Å²) >= 11 is 0. The zero-order chi connectivity index (χ0) is 19.7. The first kappa shape index (κ1) is 23.7. The maximum atomic E-state index is 14.1. The first-order valence-corrected chi connectivity index (χ1v) is 9.97. The lowest BCUT2D eigenvalue weighted by atomic mass is 9.95. The van der Waals surface area contributed by atoms with E-state index in [1.54, 1.807) is 20.8 Å². The van der Waals surface area contributed by atoms with Crippen LogP contribution in [0, 0.1) is 23.5 Å². The second-order valence-corrected chi connectivity index (χ2v) is 9.29. The van der Waals surface area contributed by atoms with Gasteiger partial charge in [0.05, 0.1) is 5.69 Å². The van der Waals surface area contributed by atoms with Crippen LogP contribution in [0.25, 0.3) is 0 Å². The van der Waals surface area contributed by atoms with Gasteiger partial charge >= 0.3 is 0 Å². The van der Waals surface area contributed by atoms with Gasteiger partial charge in [-0.15, -0.1) is 12.4 Å². The molecule has 1 aliphatic rings. The Balaban J connectivity index is 0.00000364. The van der Waals surface area contributed by atoms with E-state index in [2.05, 4.69) is 10.0 Å². The summed E-state index contributed by atoms with van der Waals surface area (Å²) in [7, 11) is -4.22. The minimum absolute atomic E-state index is 0. The van der Waals surface area contributed by atoms with E-state index in [1.165, 1.54) is 0 Å². The zero-order valence-corrected chi connectivity index (χ0v) is 17.1. The third-order valence-corrected chi connectivity index (χ3v) is 6.08. The van der Waals surface area contributed by atoms with Gasteiger partial charge in [-0.2, -0.15) is 0 Å². The minimum Gasteiger partial charge on any atom is -0.330 e. The second-order valence-electron chi connectivity index (χ2n) is 7.64. The molecule has 0 saturated heterocycles. The summed E-state index contributed by atoms with van der Waals surface area (Å²) in [4.78, 5) is 11.7. The molecule has 2 rings (SSSR count). The molecule has 0 aromatic heterocycles. The first-order valence-electron chi connectivity index (χ1n) is 8.48. The Bertz CT molecular complexity index is 797. The van der Waals surface area contributed by atoms with Crippen LogP contribution in [0.1, 0.15) is 40.0 Å². The number of nitrogens with two attached hydrogens (primary N) is 1. The summed E-state index contributed by atoms with van der Waals surface area (Å²) < 4.78 is 55.2. The Morgan fingerprint density at radius 1 is 1.22 bits per heavy atom. The Morgan fingerprint density at radius 2 is 1.85 bits per heavy atom. The summed E-state index contributed by atoms with van der Waals surface area (Å²) in [5.74, 6) is -3.05. The smallest absolute Gasteiger partial charge is 0.244 e. The van der Waals surface area contributed by atoms with E-state index in [0.717, 1.165) is 18.9 Å². The molecule has 6 nitrogen and oxygen atoms in total. The molecule has 0 bridgehead atoms. The fraction of sp³-hybridized carbons (Fsp3) is 0.588. The Hall–Kier alpha value is -1.29. The summed E-state index contributed by atoms with van der Waals surface area (Å²) in [6.07, 6.45) is 2.30. The van der Waals surface area contributed by atoms with Crippen molar-refractivity contribution < 1.29 is 22.0 Å². The van der Waals surface area contributed by atoms with E-state index in [0.29, 0.717) is 19.0 Å². The molecular formula is C17H26ClF2N3O3S. The summed E-state index contributed by atoms with van der Waals surface area (Å²) in [6.45, 7) is 5.14. The molecule has 10 heteroatoms. The highest BCUT2D eigenvalue weighted by molar-refractivity contribution is 7.89. The third kappa shape index (κ3) is 5.84. The molecule has 0 spiro atoms. The monoisotopic (exact) mass is 425 g/mol. The van der Waals surface area contributed by atoms with Gasteiger partial charge in [-0.1, -0.05) is 6.42 Å². The van der Waals surface area contributed by atoms with Crippen molar-refractivity contribution in [1.82, 2.24) is 4.72 Å². The molecule has 154 valence electrons. The van der Waals surface area contributed by atoms with Crippen LogP contribution in [-0.2, 0) is 14.8 Å². The van der Waals surface area contributed by atoms with Crippen molar-refractivity contribution in [2.45, 2.75) is 50.5 Å². The maximum absolute atomic E-state index is 14.1. The first-order chi connectivity index (χ1) is 11.9. The molecule has 1 fully saturated rings. The third-order valence-electron chi connectivity index (χ3n) is 4.31. The molecule has 2 atom stereocenters. The number of benzene rings is 1. The highest BCUT2D eigenvalue weighted by atomic mass is 35.5. The van der Waals surface area contributed by atoms with Crippen molar-refractivity contribution in [3.8, 4) is 0 Å². The molecule has 1 aromatic rings. The predicted molar refractivity (Wildman–Crippen MR) is 102 cm³/mol. The van der Waals surface area contributed by atoms with E-state index in [4.69, 9.17) is 5.73 Å². The molecule has 0 unspecified atom stereocenters. The lowest BCUT2D eigenvalue weighted by molar-refractivity contribution is -0.120. The van der Waals surface area contributed by atoms with E-state index in [1.807, 2.05) is 0 Å². The number of anilines is 1. The van der Waals surface area contributed by atoms with Gasteiger partial charge in [0.25, 0.3) is 0 Å². The van der Waals surface area contributed by atoms with Crippen molar-refractivity contribution >= 4 is 34.0 Å². The van der Waals surface area contributed by atoms with Gasteiger partial charge in [-0.3, -0.25) is 4.79 Å². The fourth-order valence-electron chi connectivity index (χ4n) is 3.18. The van der Waals surface area contributed by atoms with Gasteiger partial charge in [-0.25, -0.2) is 21.9 Å². The lowest BCUT2D eigenvalue weighted by Gasteiger charge is -2.21. The molecule has 27 heavy (non-hydrogen) atoms. The number of rotatable bonds is 5. The number of nitrogens with one attached hydrogen (secondary N) is 2. The van der Waals surface area contributed by atoms with Gasteiger partial charge in [0.2, 0.25) is 15.9 Å². The molecule has 1 aliphatic carbocycles. The largest absolute Gasteiger partial charge is 0.330 e. The van der Waals surface area contributed by atoms with Gasteiger partial charge in [0.1, 0.15) is 16.5 Å². The van der Waals surface area contributed by atoms with Gasteiger partial charge < -0.3 is 11.1 Å². The topological polar surface area (TPSA) is 101 Å². The van der Waals surface area contributed by atoms with Crippen LogP contribution >= 0.6 is 12.4 Å². The van der Waals surface area contributed by atoms with Crippen molar-refractivity contribution in [2.75, 3.05) is 11.9 Å². The quantitative estimate of drug-likeness (QED) is 0.675. The number of hydrogen-bond acceptors (Lipinski definition) is 4. The zero-order valence-electron chi connectivity index (χ0n) is 15.5. The van der Waals surface area contributed by atoms with E-state index < -0.39 is 38.0 Å². The van der Waals surface area contributed by atoms with Crippen molar-refractivity contribution in [1.29, 1.82) is 0 Å². The molecule has 1 aromatic carbocycles. The van der Waals surface area contributed by atoms with Crippen molar-refractivity contribution in [3.63, 3.8) is 0 Å². The average molecular weight is 426 g/mol. The van der Waals surface area contributed by atoms with E-state index in [9.17, 15) is 22.0 Å². The standard InChI is InChI=1S/C17H25F2N3O3S.ClH/c1-17(2,3)22-26(24,25)15-8-14(12(18)7-13(15)19)21-16(23)11-6-4-5-10(11)9-20;/h7-8,10-11,22H,4-6,9,20H2,1-3H3,(H,21,23);1H/t10-,11-;/m1./s1. The lowest BCUT2D eigenvalue weighted by Crippen LogP contribution is -2.40. The second kappa shape index (κ2) is 8.81. The molecule has 1 amide bonds. The summed E-state index contributed by atoms with van der Waals surface area (Å²) in [5.41, 5.74) is 4.44. The van der Waals surface area contributed by atoms with Crippen LogP contribution in [0.3, 0.4) is 0 Å². The van der Waals surface area contributed by atoms with Crippen molar-refractivity contribution in [3.05, 3.63) is 23.8 Å². The normalized spacial score (nSPS) is 20.2. The summed E-state index contributed by atoms with van der Waals surface area (Å²) in [5, 5.41) is 2.39. The highest BCUT2D eigenvalue weighted by Gasteiger charge is 2.33. The van der Waals surface area contributed by atoms with Crippen LogP contribution in [0.4, 0.5) is 14.5 Å². The molecule has 0 aliphatic heterocycles. The number of carbonyl (C=O) groups is 1. The van der Waals surface area contributed by atoms with Crippen LogP contribution in [0.5, 0.6) is 0 Å². The molecule has 1 saturated carbocycles. The van der Waals surface area contributed by atoms with Crippen LogP contribution < -0.4 is 15.8 Å². The Kier molecular flexibility index (Phi) is 7.75. The minimum atomic E-state index is -4.22. The van der Waals surface area contributed by atoms with E-state index in [-0.39, 0.29) is 29.9 Å². The SMILES string of the molecule is CC(C)(C)NS(=O)(=O)c1cc(NC(=O)[C@@H]2CCC[C@@H]2CN)c(F)cc1F.Cl. The number of carbonyl (C=O) groups excluding carboxylic acids is 1. The number of hydrogen-bond donors (Lipinski definition) is 3. The molecule has 0 heterocycles. The van der Waals surface area contributed by atoms with E-state index >= 15 is 0 Å². The average Bonchev–Trinajstić information content (AvgIpc) is 2.95. The highest BCUT2D eigenvalue weighted by Crippen LogP contribution is 2.32. The van der Waals surface area contributed by atoms with Crippen LogP contribution in [-0.4, -0.2) is 26.4 Å². The Labute approximate surface area is 164 Å². The molecular weight excluding hydrogens is 400 g/mol. The van der Waals surface area contributed by atoms with Crippen molar-refractivity contribution in [2.24, 2.45) is 17.6 Å². The van der Waals surface area contributed by atoms with Gasteiger partial charge in [-0.05, 0) is 52.1 Å².